The van der Waals surface area contributed by atoms with E-state index in [9.17, 15) is 8.42 Å². The number of ether oxygens (including phenoxy) is 1. The number of fused-ring (bicyclic) bond motifs is 1. The first kappa shape index (κ1) is 19.2. The second-order valence-corrected chi connectivity index (χ2v) is 9.56. The lowest BCUT2D eigenvalue weighted by Gasteiger charge is -2.25. The second kappa shape index (κ2) is 7.21. The molecule has 0 radical (unpaired) electrons. The normalized spacial score (nSPS) is 19.2. The molecule has 1 saturated heterocycles. The summed E-state index contributed by atoms with van der Waals surface area (Å²) >= 11 is 0. The molecule has 26 heavy (non-hydrogen) atoms. The van der Waals surface area contributed by atoms with E-state index in [1.54, 1.807) is 0 Å². The molecule has 0 N–H and O–H groups in total. The standard InChI is InChI=1S/C17H26N4O4S/c1-17(2,3)9-12-15-16(19-11-18-12)21(14-7-5-6-8-24-14)13(20-15)10-25-26(4,22)23/h11,14H,5-10H2,1-4H3. The molecule has 1 aliphatic heterocycles. The molecule has 0 bridgehead atoms. The molecule has 2 aromatic heterocycles. The van der Waals surface area contributed by atoms with Crippen LogP contribution >= 0.6 is 0 Å². The van der Waals surface area contributed by atoms with Gasteiger partial charge < -0.3 is 4.74 Å². The fourth-order valence-electron chi connectivity index (χ4n) is 3.12. The second-order valence-electron chi connectivity index (χ2n) is 7.92. The fraction of sp³-hybridized carbons (Fsp3) is 0.706. The minimum Gasteiger partial charge on any atom is -0.358 e. The molecular weight excluding hydrogens is 356 g/mol. The molecule has 0 spiro atoms. The highest BCUT2D eigenvalue weighted by molar-refractivity contribution is 7.85. The van der Waals surface area contributed by atoms with Crippen LogP contribution in [0, 0.1) is 5.41 Å². The van der Waals surface area contributed by atoms with Gasteiger partial charge in [-0.05, 0) is 31.1 Å². The molecule has 1 unspecified atom stereocenters. The minimum atomic E-state index is -3.58. The zero-order chi connectivity index (χ0) is 18.9. The average molecular weight is 382 g/mol. The number of hydrogen-bond acceptors (Lipinski definition) is 7. The topological polar surface area (TPSA) is 96.2 Å². The lowest BCUT2D eigenvalue weighted by Crippen LogP contribution is -2.21. The SMILES string of the molecule is CC(C)(C)Cc1ncnc2c1nc(COS(C)(=O)=O)n2C1CCCCO1. The van der Waals surface area contributed by atoms with E-state index in [0.29, 0.717) is 23.6 Å². The number of aromatic nitrogens is 4. The maximum atomic E-state index is 11.4. The Labute approximate surface area is 154 Å². The highest BCUT2D eigenvalue weighted by Crippen LogP contribution is 2.30. The summed E-state index contributed by atoms with van der Waals surface area (Å²) in [6.45, 7) is 6.92. The van der Waals surface area contributed by atoms with Gasteiger partial charge in [0, 0.05) is 6.61 Å². The average Bonchev–Trinajstić information content (AvgIpc) is 2.91. The Hall–Kier alpha value is -1.58. The molecule has 8 nitrogen and oxygen atoms in total. The van der Waals surface area contributed by atoms with Crippen molar-refractivity contribution in [2.75, 3.05) is 12.9 Å². The molecule has 1 aliphatic rings. The zero-order valence-electron chi connectivity index (χ0n) is 15.7. The Morgan fingerprint density at radius 2 is 2.08 bits per heavy atom. The predicted octanol–water partition coefficient (Wildman–Crippen LogP) is 2.59. The molecule has 3 heterocycles. The molecule has 9 heteroatoms. The first-order chi connectivity index (χ1) is 12.1. The van der Waals surface area contributed by atoms with Gasteiger partial charge in [-0.2, -0.15) is 8.42 Å². The van der Waals surface area contributed by atoms with Crippen molar-refractivity contribution in [3.8, 4) is 0 Å². The van der Waals surface area contributed by atoms with Gasteiger partial charge >= 0.3 is 0 Å². The summed E-state index contributed by atoms with van der Waals surface area (Å²) in [6, 6.07) is 0. The first-order valence-electron chi connectivity index (χ1n) is 8.81. The zero-order valence-corrected chi connectivity index (χ0v) is 16.5. The largest absolute Gasteiger partial charge is 0.358 e. The Morgan fingerprint density at radius 1 is 1.31 bits per heavy atom. The Bertz CT molecular complexity index is 880. The van der Waals surface area contributed by atoms with Crippen LogP contribution in [0.3, 0.4) is 0 Å². The van der Waals surface area contributed by atoms with Crippen molar-refractivity contribution in [1.29, 1.82) is 0 Å². The van der Waals surface area contributed by atoms with Crippen LogP contribution in [0.5, 0.6) is 0 Å². The van der Waals surface area contributed by atoms with Crippen LogP contribution < -0.4 is 0 Å². The molecule has 2 aromatic rings. The lowest BCUT2D eigenvalue weighted by molar-refractivity contribution is -0.0325. The quantitative estimate of drug-likeness (QED) is 0.733. The van der Waals surface area contributed by atoms with Gasteiger partial charge in [0.1, 0.15) is 30.5 Å². The van der Waals surface area contributed by atoms with Crippen LogP contribution in [-0.2, 0) is 32.1 Å². The monoisotopic (exact) mass is 382 g/mol. The van der Waals surface area contributed by atoms with Crippen molar-refractivity contribution in [3.63, 3.8) is 0 Å². The molecule has 1 atom stereocenters. The van der Waals surface area contributed by atoms with Crippen LogP contribution in [0.25, 0.3) is 11.2 Å². The van der Waals surface area contributed by atoms with Crippen LogP contribution in [0.2, 0.25) is 0 Å². The molecule has 0 aliphatic carbocycles. The summed E-state index contributed by atoms with van der Waals surface area (Å²) in [5, 5.41) is 0. The van der Waals surface area contributed by atoms with Crippen LogP contribution in [0.15, 0.2) is 6.33 Å². The predicted molar refractivity (Wildman–Crippen MR) is 97.0 cm³/mol. The van der Waals surface area contributed by atoms with Gasteiger partial charge in [-0.1, -0.05) is 20.8 Å². The van der Waals surface area contributed by atoms with Gasteiger partial charge in [-0.25, -0.2) is 15.0 Å². The highest BCUT2D eigenvalue weighted by atomic mass is 32.2. The van der Waals surface area contributed by atoms with Crippen molar-refractivity contribution < 1.29 is 17.3 Å². The molecule has 1 fully saturated rings. The van der Waals surface area contributed by atoms with Gasteiger partial charge in [0.15, 0.2) is 5.65 Å². The van der Waals surface area contributed by atoms with Crippen LogP contribution in [0.1, 0.15) is 57.8 Å². The summed E-state index contributed by atoms with van der Waals surface area (Å²) in [7, 11) is -3.58. The summed E-state index contributed by atoms with van der Waals surface area (Å²) in [4.78, 5) is 13.5. The van der Waals surface area contributed by atoms with Gasteiger partial charge in [-0.15, -0.1) is 0 Å². The van der Waals surface area contributed by atoms with E-state index in [2.05, 4.69) is 35.7 Å². The third kappa shape index (κ3) is 4.57. The molecule has 0 aromatic carbocycles. The van der Waals surface area contributed by atoms with Crippen molar-refractivity contribution >= 4 is 21.3 Å². The summed E-state index contributed by atoms with van der Waals surface area (Å²) < 4.78 is 35.7. The molecule has 3 rings (SSSR count). The van der Waals surface area contributed by atoms with E-state index >= 15 is 0 Å². The first-order valence-corrected chi connectivity index (χ1v) is 10.6. The number of hydrogen-bond donors (Lipinski definition) is 0. The van der Waals surface area contributed by atoms with Crippen LogP contribution in [-0.4, -0.2) is 40.8 Å². The van der Waals surface area contributed by atoms with Gasteiger partial charge in [0.25, 0.3) is 10.1 Å². The summed E-state index contributed by atoms with van der Waals surface area (Å²) in [5.41, 5.74) is 2.23. The van der Waals surface area contributed by atoms with E-state index in [4.69, 9.17) is 8.92 Å². The molecule has 0 amide bonds. The van der Waals surface area contributed by atoms with Crippen LogP contribution in [0.4, 0.5) is 0 Å². The fourth-order valence-corrected chi connectivity index (χ4v) is 3.44. The Kier molecular flexibility index (Phi) is 5.32. The molecule has 0 saturated carbocycles. The lowest BCUT2D eigenvalue weighted by atomic mass is 9.90. The van der Waals surface area contributed by atoms with E-state index in [1.165, 1.54) is 6.33 Å². The van der Waals surface area contributed by atoms with Crippen molar-refractivity contribution in [1.82, 2.24) is 19.5 Å². The van der Waals surface area contributed by atoms with E-state index in [0.717, 1.165) is 37.6 Å². The van der Waals surface area contributed by atoms with Gasteiger partial charge in [0.2, 0.25) is 0 Å². The summed E-state index contributed by atoms with van der Waals surface area (Å²) in [5.74, 6) is 0.494. The maximum absolute atomic E-state index is 11.4. The van der Waals surface area contributed by atoms with Crippen molar-refractivity contribution in [3.05, 3.63) is 17.8 Å². The highest BCUT2D eigenvalue weighted by Gasteiger charge is 2.26. The van der Waals surface area contributed by atoms with E-state index in [1.807, 2.05) is 4.57 Å². The number of rotatable bonds is 5. The van der Waals surface area contributed by atoms with Gasteiger partial charge in [-0.3, -0.25) is 8.75 Å². The Morgan fingerprint density at radius 3 is 2.69 bits per heavy atom. The summed E-state index contributed by atoms with van der Waals surface area (Å²) in [6.07, 6.45) is 5.97. The third-order valence-electron chi connectivity index (χ3n) is 4.17. The molecule has 144 valence electrons. The van der Waals surface area contributed by atoms with Crippen molar-refractivity contribution in [2.24, 2.45) is 5.41 Å². The van der Waals surface area contributed by atoms with E-state index < -0.39 is 10.1 Å². The molecular formula is C17H26N4O4S. The third-order valence-corrected chi connectivity index (χ3v) is 4.72. The van der Waals surface area contributed by atoms with Crippen molar-refractivity contribution in [2.45, 2.75) is 59.3 Å². The minimum absolute atomic E-state index is 0.0375. The smallest absolute Gasteiger partial charge is 0.264 e. The number of nitrogens with zero attached hydrogens (tertiary/aromatic N) is 4. The van der Waals surface area contributed by atoms with Gasteiger partial charge in [0.05, 0.1) is 11.9 Å². The number of imidazole rings is 1. The Balaban J connectivity index is 2.08. The maximum Gasteiger partial charge on any atom is 0.264 e. The van der Waals surface area contributed by atoms with E-state index in [-0.39, 0.29) is 18.2 Å².